The lowest BCUT2D eigenvalue weighted by molar-refractivity contribution is 0.248. The monoisotopic (exact) mass is 304 g/mol. The molecule has 8 heteroatoms. The molecule has 1 aromatic carbocycles. The molecule has 1 unspecified atom stereocenters. The van der Waals surface area contributed by atoms with Crippen LogP contribution in [0.15, 0.2) is 29.1 Å². The Hall–Kier alpha value is -2.61. The molecule has 0 saturated carbocycles. The van der Waals surface area contributed by atoms with Crippen molar-refractivity contribution in [2.24, 2.45) is 0 Å². The van der Waals surface area contributed by atoms with E-state index in [0.29, 0.717) is 17.1 Å². The Morgan fingerprint density at radius 3 is 2.52 bits per heavy atom. The van der Waals surface area contributed by atoms with E-state index in [-0.39, 0.29) is 10.3 Å². The molecular formula is C13H12N4O3S. The average molecular weight is 304 g/mol. The quantitative estimate of drug-likeness (QED) is 0.634. The van der Waals surface area contributed by atoms with Crippen molar-refractivity contribution < 1.29 is 9.53 Å². The Bertz CT molecular complexity index is 809. The number of hydrogen-bond acceptors (Lipinski definition) is 4. The predicted molar refractivity (Wildman–Crippen MR) is 79.2 cm³/mol. The third-order valence-electron chi connectivity index (χ3n) is 3.23. The average Bonchev–Trinajstić information content (AvgIpc) is 2.45. The van der Waals surface area contributed by atoms with Crippen molar-refractivity contribution in [2.45, 2.75) is 6.04 Å². The van der Waals surface area contributed by atoms with Gasteiger partial charge in [0.1, 0.15) is 11.6 Å². The van der Waals surface area contributed by atoms with Gasteiger partial charge in [0.05, 0.1) is 18.7 Å². The van der Waals surface area contributed by atoms with Crippen LogP contribution in [0.4, 0.5) is 10.6 Å². The molecule has 0 bridgehead atoms. The molecule has 3 rings (SSSR count). The molecule has 2 aromatic rings. The third-order valence-corrected chi connectivity index (χ3v) is 3.44. The van der Waals surface area contributed by atoms with Gasteiger partial charge in [-0.15, -0.1) is 0 Å². The SMILES string of the molecule is COc1ccc(C2NC(=O)Nc3[nH]c(=S)[nH]c(=O)c32)cc1. The molecule has 1 aliphatic heterocycles. The van der Waals surface area contributed by atoms with Crippen LogP contribution in [-0.4, -0.2) is 23.1 Å². The van der Waals surface area contributed by atoms with Gasteiger partial charge in [0.15, 0.2) is 4.77 Å². The number of urea groups is 1. The maximum atomic E-state index is 12.1. The van der Waals surface area contributed by atoms with Gasteiger partial charge >= 0.3 is 6.03 Å². The number of rotatable bonds is 2. The van der Waals surface area contributed by atoms with Gasteiger partial charge in [0, 0.05) is 0 Å². The highest BCUT2D eigenvalue weighted by molar-refractivity contribution is 7.71. The molecule has 4 N–H and O–H groups in total. The Morgan fingerprint density at radius 2 is 1.86 bits per heavy atom. The lowest BCUT2D eigenvalue weighted by Gasteiger charge is -2.26. The van der Waals surface area contributed by atoms with Crippen molar-refractivity contribution in [2.75, 3.05) is 12.4 Å². The maximum Gasteiger partial charge on any atom is 0.321 e. The second-order valence-corrected chi connectivity index (χ2v) is 4.91. The molecule has 0 fully saturated rings. The first-order valence-corrected chi connectivity index (χ1v) is 6.57. The number of carbonyl (C=O) groups is 1. The highest BCUT2D eigenvalue weighted by Gasteiger charge is 2.29. The topological polar surface area (TPSA) is 99.0 Å². The predicted octanol–water partition coefficient (Wildman–Crippen LogP) is 1.67. The molecular weight excluding hydrogens is 292 g/mol. The van der Waals surface area contributed by atoms with Crippen LogP contribution in [0.2, 0.25) is 0 Å². The minimum atomic E-state index is -0.560. The summed E-state index contributed by atoms with van der Waals surface area (Å²) in [6.07, 6.45) is 0. The van der Waals surface area contributed by atoms with Gasteiger partial charge in [-0.2, -0.15) is 0 Å². The van der Waals surface area contributed by atoms with E-state index in [9.17, 15) is 9.59 Å². The van der Waals surface area contributed by atoms with Crippen LogP contribution in [0.5, 0.6) is 5.75 Å². The molecule has 0 saturated heterocycles. The summed E-state index contributed by atoms with van der Waals surface area (Å²) in [5.41, 5.74) is 0.804. The smallest absolute Gasteiger partial charge is 0.321 e. The zero-order chi connectivity index (χ0) is 15.0. The van der Waals surface area contributed by atoms with Crippen LogP contribution >= 0.6 is 12.2 Å². The number of carbonyl (C=O) groups excluding carboxylic acids is 1. The Morgan fingerprint density at radius 1 is 1.14 bits per heavy atom. The molecule has 1 aliphatic rings. The maximum absolute atomic E-state index is 12.1. The van der Waals surface area contributed by atoms with Crippen LogP contribution in [0.3, 0.4) is 0 Å². The molecule has 7 nitrogen and oxygen atoms in total. The second-order valence-electron chi connectivity index (χ2n) is 4.50. The van der Waals surface area contributed by atoms with Crippen molar-refractivity contribution >= 4 is 24.1 Å². The number of methoxy groups -OCH3 is 1. The zero-order valence-electron chi connectivity index (χ0n) is 11.0. The van der Waals surface area contributed by atoms with Crippen molar-refractivity contribution in [3.05, 3.63) is 50.5 Å². The fourth-order valence-corrected chi connectivity index (χ4v) is 2.46. The van der Waals surface area contributed by atoms with Gasteiger partial charge in [-0.1, -0.05) is 12.1 Å². The normalized spacial score (nSPS) is 16.6. The van der Waals surface area contributed by atoms with E-state index in [1.54, 1.807) is 31.4 Å². The first kappa shape index (κ1) is 13.4. The summed E-state index contributed by atoms with van der Waals surface area (Å²) in [4.78, 5) is 29.2. The lowest BCUT2D eigenvalue weighted by atomic mass is 9.99. The van der Waals surface area contributed by atoms with E-state index in [1.165, 1.54) is 0 Å². The first-order chi connectivity index (χ1) is 10.1. The largest absolute Gasteiger partial charge is 0.497 e. The van der Waals surface area contributed by atoms with E-state index >= 15 is 0 Å². The third kappa shape index (κ3) is 2.40. The number of aromatic amines is 2. The number of H-pyrrole nitrogens is 2. The number of nitrogens with one attached hydrogen (secondary N) is 4. The Kier molecular flexibility index (Phi) is 3.22. The highest BCUT2D eigenvalue weighted by Crippen LogP contribution is 2.28. The molecule has 0 aliphatic carbocycles. The summed E-state index contributed by atoms with van der Waals surface area (Å²) in [6.45, 7) is 0. The number of aromatic nitrogens is 2. The Labute approximate surface area is 124 Å². The van der Waals surface area contributed by atoms with Crippen LogP contribution in [0, 0.1) is 4.77 Å². The van der Waals surface area contributed by atoms with E-state index < -0.39 is 12.1 Å². The first-order valence-electron chi connectivity index (χ1n) is 6.16. The van der Waals surface area contributed by atoms with Crippen molar-refractivity contribution in [3.8, 4) is 5.75 Å². The summed E-state index contributed by atoms with van der Waals surface area (Å²) in [5.74, 6) is 1.01. The van der Waals surface area contributed by atoms with Crippen LogP contribution in [0.1, 0.15) is 17.2 Å². The van der Waals surface area contributed by atoms with E-state index in [2.05, 4.69) is 20.6 Å². The molecule has 2 amide bonds. The summed E-state index contributed by atoms with van der Waals surface area (Å²) in [6, 6.07) is 6.15. The minimum absolute atomic E-state index is 0.162. The van der Waals surface area contributed by atoms with Gasteiger partial charge < -0.3 is 15.0 Å². The van der Waals surface area contributed by atoms with Gasteiger partial charge in [-0.3, -0.25) is 15.1 Å². The summed E-state index contributed by atoms with van der Waals surface area (Å²) in [5, 5.41) is 5.27. The number of benzene rings is 1. The van der Waals surface area contributed by atoms with E-state index in [4.69, 9.17) is 17.0 Å². The van der Waals surface area contributed by atoms with Gasteiger partial charge in [-0.25, -0.2) is 4.79 Å². The van der Waals surface area contributed by atoms with Crippen molar-refractivity contribution in [1.82, 2.24) is 15.3 Å². The number of fused-ring (bicyclic) bond motifs is 1. The van der Waals surface area contributed by atoms with Crippen LogP contribution in [0.25, 0.3) is 0 Å². The summed E-state index contributed by atoms with van der Waals surface area (Å²) in [7, 11) is 1.57. The fourth-order valence-electron chi connectivity index (χ4n) is 2.27. The molecule has 0 radical (unpaired) electrons. The van der Waals surface area contributed by atoms with Gasteiger partial charge in [-0.05, 0) is 29.9 Å². The molecule has 108 valence electrons. The highest BCUT2D eigenvalue weighted by atomic mass is 32.1. The molecule has 1 aromatic heterocycles. The molecule has 1 atom stereocenters. The zero-order valence-corrected chi connectivity index (χ0v) is 11.8. The second kappa shape index (κ2) is 5.06. The van der Waals surface area contributed by atoms with E-state index in [1.807, 2.05) is 0 Å². The Balaban J connectivity index is 2.14. The van der Waals surface area contributed by atoms with Crippen molar-refractivity contribution in [1.29, 1.82) is 0 Å². The lowest BCUT2D eigenvalue weighted by Crippen LogP contribution is -2.42. The molecule has 0 spiro atoms. The van der Waals surface area contributed by atoms with Gasteiger partial charge in [0.25, 0.3) is 5.56 Å². The fraction of sp³-hybridized carbons (Fsp3) is 0.154. The van der Waals surface area contributed by atoms with E-state index in [0.717, 1.165) is 5.56 Å². The number of anilines is 1. The molecule has 21 heavy (non-hydrogen) atoms. The van der Waals surface area contributed by atoms with Crippen LogP contribution in [-0.2, 0) is 0 Å². The standard InChI is InChI=1S/C13H12N4O3S/c1-20-7-4-2-6(3-5-7)9-8-10(15-12(19)14-9)16-13(21)17-11(8)18/h2-5,9H,1H3,(H4,14,15,16,17,18,19,21). The minimum Gasteiger partial charge on any atom is -0.497 e. The number of amides is 2. The van der Waals surface area contributed by atoms with Crippen molar-refractivity contribution in [3.63, 3.8) is 0 Å². The molecule has 2 heterocycles. The number of hydrogen-bond donors (Lipinski definition) is 4. The summed E-state index contributed by atoms with van der Waals surface area (Å²) >= 11 is 4.91. The number of ether oxygens (including phenoxy) is 1. The van der Waals surface area contributed by atoms with Gasteiger partial charge in [0.2, 0.25) is 0 Å². The summed E-state index contributed by atoms with van der Waals surface area (Å²) < 4.78 is 5.26. The van der Waals surface area contributed by atoms with Crippen LogP contribution < -0.4 is 20.9 Å².